The summed E-state index contributed by atoms with van der Waals surface area (Å²) in [5.74, 6) is 1.48. The molecule has 19 heavy (non-hydrogen) atoms. The van der Waals surface area contributed by atoms with Crippen LogP contribution < -0.4 is 0 Å². The van der Waals surface area contributed by atoms with Crippen LogP contribution in [-0.2, 0) is 17.2 Å². The Hall–Kier alpha value is -1.64. The molecule has 6 heteroatoms. The smallest absolute Gasteiger partial charge is 0.271 e. The van der Waals surface area contributed by atoms with E-state index in [0.717, 1.165) is 36.2 Å². The Kier molecular flexibility index (Phi) is 2.92. The zero-order valence-corrected chi connectivity index (χ0v) is 11.3. The first-order valence-corrected chi connectivity index (χ1v) is 6.58. The van der Waals surface area contributed by atoms with Gasteiger partial charge in [-0.1, -0.05) is 6.57 Å². The normalized spacial score (nSPS) is 16.5. The first-order valence-electron chi connectivity index (χ1n) is 6.05. The molecule has 2 heterocycles. The summed E-state index contributed by atoms with van der Waals surface area (Å²) in [6.45, 7) is 7.73. The van der Waals surface area contributed by atoms with E-state index in [-0.39, 0.29) is 5.60 Å². The molecular weight excluding hydrogens is 264 g/mol. The van der Waals surface area contributed by atoms with E-state index in [9.17, 15) is 0 Å². The van der Waals surface area contributed by atoms with E-state index in [4.69, 9.17) is 22.9 Å². The number of rotatable bonds is 4. The van der Waals surface area contributed by atoms with Gasteiger partial charge < -0.3 is 14.1 Å². The number of hydrogen-bond acceptors (Lipinski definition) is 3. The van der Waals surface area contributed by atoms with Gasteiger partial charge in [-0.15, -0.1) is 16.6 Å². The van der Waals surface area contributed by atoms with Gasteiger partial charge in [-0.2, -0.15) is 0 Å². The van der Waals surface area contributed by atoms with Crippen LogP contribution >= 0.6 is 11.6 Å². The molecule has 0 bridgehead atoms. The number of aromatic nitrogens is 3. The number of imidazole rings is 1. The lowest BCUT2D eigenvalue weighted by Gasteiger charge is -2.15. The van der Waals surface area contributed by atoms with Gasteiger partial charge in [-0.25, -0.2) is 4.98 Å². The third kappa shape index (κ3) is 2.07. The Labute approximate surface area is 116 Å². The third-order valence-corrected chi connectivity index (χ3v) is 3.86. The van der Waals surface area contributed by atoms with Gasteiger partial charge >= 0.3 is 0 Å². The lowest BCUT2D eigenvalue weighted by molar-refractivity contribution is 0.0655. The molecular formula is C13H13ClN4O. The number of hydrogen-bond donors (Lipinski definition) is 0. The Morgan fingerprint density at radius 2 is 2.37 bits per heavy atom. The second-order valence-electron chi connectivity index (χ2n) is 4.78. The van der Waals surface area contributed by atoms with Gasteiger partial charge in [0.05, 0.1) is 23.5 Å². The van der Waals surface area contributed by atoms with Crippen molar-refractivity contribution in [1.82, 2.24) is 14.5 Å². The van der Waals surface area contributed by atoms with E-state index in [1.54, 1.807) is 19.4 Å². The fraction of sp³-hybridized carbons (Fsp3) is 0.462. The third-order valence-electron chi connectivity index (χ3n) is 3.62. The van der Waals surface area contributed by atoms with Crippen LogP contribution in [0.15, 0.2) is 12.3 Å². The molecule has 0 radical (unpaired) electrons. The van der Waals surface area contributed by atoms with Crippen LogP contribution in [0.2, 0.25) is 0 Å². The molecule has 1 aliphatic carbocycles. The molecule has 2 aromatic rings. The Balaban J connectivity index is 2.09. The maximum atomic E-state index is 6.99. The minimum absolute atomic E-state index is 0.0765. The van der Waals surface area contributed by atoms with Crippen molar-refractivity contribution in [2.45, 2.75) is 30.9 Å². The van der Waals surface area contributed by atoms with E-state index in [1.807, 2.05) is 0 Å². The highest BCUT2D eigenvalue weighted by Gasteiger charge is 2.44. The molecule has 0 N–H and O–H groups in total. The van der Waals surface area contributed by atoms with E-state index < -0.39 is 0 Å². The average molecular weight is 277 g/mol. The standard InChI is InChI=1S/C13H13ClN4O/c1-15-11-5-9-10(7-16-11)18(12(6-14)17-9)8-13(19-2)3-4-13/h5,7H,3-4,6,8H2,2H3. The van der Waals surface area contributed by atoms with Crippen LogP contribution in [0.3, 0.4) is 0 Å². The number of ether oxygens (including phenoxy) is 1. The number of alkyl halides is 1. The monoisotopic (exact) mass is 276 g/mol. The molecule has 2 aromatic heterocycles. The number of pyridine rings is 1. The summed E-state index contributed by atoms with van der Waals surface area (Å²) in [5.41, 5.74) is 1.60. The zero-order chi connectivity index (χ0) is 13.5. The van der Waals surface area contributed by atoms with Crippen LogP contribution in [-0.4, -0.2) is 27.2 Å². The molecule has 0 unspecified atom stereocenters. The van der Waals surface area contributed by atoms with Crippen LogP contribution in [0.1, 0.15) is 18.7 Å². The molecule has 0 saturated heterocycles. The van der Waals surface area contributed by atoms with Crippen LogP contribution in [0.25, 0.3) is 15.9 Å². The molecule has 1 fully saturated rings. The van der Waals surface area contributed by atoms with Gasteiger partial charge in [0.1, 0.15) is 17.5 Å². The first-order chi connectivity index (χ1) is 9.21. The van der Waals surface area contributed by atoms with E-state index >= 15 is 0 Å². The van der Waals surface area contributed by atoms with Gasteiger partial charge in [-0.3, -0.25) is 0 Å². The van der Waals surface area contributed by atoms with Crippen molar-refractivity contribution in [2.75, 3.05) is 7.11 Å². The van der Waals surface area contributed by atoms with Gasteiger partial charge in [0.15, 0.2) is 0 Å². The second-order valence-corrected chi connectivity index (χ2v) is 5.05. The minimum Gasteiger partial charge on any atom is -0.376 e. The second kappa shape index (κ2) is 4.48. The van der Waals surface area contributed by atoms with Crippen molar-refractivity contribution in [2.24, 2.45) is 0 Å². The topological polar surface area (TPSA) is 44.3 Å². The van der Waals surface area contributed by atoms with E-state index in [0.29, 0.717) is 11.7 Å². The number of fused-ring (bicyclic) bond motifs is 1. The largest absolute Gasteiger partial charge is 0.376 e. The van der Waals surface area contributed by atoms with E-state index in [1.165, 1.54) is 0 Å². The van der Waals surface area contributed by atoms with Gasteiger partial charge in [0.2, 0.25) is 0 Å². The van der Waals surface area contributed by atoms with Crippen molar-refractivity contribution in [1.29, 1.82) is 0 Å². The Morgan fingerprint density at radius 3 is 2.95 bits per heavy atom. The molecule has 0 aliphatic heterocycles. The quantitative estimate of drug-likeness (QED) is 0.637. The molecule has 98 valence electrons. The lowest BCUT2D eigenvalue weighted by Crippen LogP contribution is -2.21. The van der Waals surface area contributed by atoms with Crippen LogP contribution in [0.5, 0.6) is 0 Å². The number of methoxy groups -OCH3 is 1. The van der Waals surface area contributed by atoms with Crippen LogP contribution in [0, 0.1) is 6.57 Å². The summed E-state index contributed by atoms with van der Waals surface area (Å²) >= 11 is 5.96. The summed E-state index contributed by atoms with van der Waals surface area (Å²) in [6, 6.07) is 1.70. The highest BCUT2D eigenvalue weighted by Crippen LogP contribution is 2.41. The van der Waals surface area contributed by atoms with Crippen molar-refractivity contribution in [3.8, 4) is 0 Å². The molecule has 3 rings (SSSR count). The summed E-state index contributed by atoms with van der Waals surface area (Å²) in [5, 5.41) is 0. The maximum absolute atomic E-state index is 6.99. The molecule has 0 amide bonds. The predicted octanol–water partition coefficient (Wildman–Crippen LogP) is 2.90. The average Bonchev–Trinajstić information content (AvgIpc) is 3.14. The highest BCUT2D eigenvalue weighted by atomic mass is 35.5. The zero-order valence-electron chi connectivity index (χ0n) is 10.6. The van der Waals surface area contributed by atoms with Gasteiger partial charge in [0, 0.05) is 7.11 Å². The maximum Gasteiger partial charge on any atom is 0.271 e. The highest BCUT2D eigenvalue weighted by molar-refractivity contribution is 6.16. The molecule has 0 atom stereocenters. The fourth-order valence-electron chi connectivity index (χ4n) is 2.26. The molecule has 5 nitrogen and oxygen atoms in total. The summed E-state index contributed by atoms with van der Waals surface area (Å²) < 4.78 is 7.61. The van der Waals surface area contributed by atoms with Crippen molar-refractivity contribution >= 4 is 28.5 Å². The van der Waals surface area contributed by atoms with Crippen molar-refractivity contribution < 1.29 is 4.74 Å². The lowest BCUT2D eigenvalue weighted by atomic mass is 10.3. The minimum atomic E-state index is -0.0765. The molecule has 1 saturated carbocycles. The molecule has 0 aromatic carbocycles. The van der Waals surface area contributed by atoms with Gasteiger partial charge in [0.25, 0.3) is 5.82 Å². The van der Waals surface area contributed by atoms with Gasteiger partial charge in [-0.05, 0) is 18.9 Å². The van der Waals surface area contributed by atoms with Crippen molar-refractivity contribution in [3.63, 3.8) is 0 Å². The summed E-state index contributed by atoms with van der Waals surface area (Å²) in [6.07, 6.45) is 3.80. The summed E-state index contributed by atoms with van der Waals surface area (Å²) in [7, 11) is 1.74. The number of nitrogens with zero attached hydrogens (tertiary/aromatic N) is 4. The van der Waals surface area contributed by atoms with Crippen LogP contribution in [0.4, 0.5) is 5.82 Å². The fourth-order valence-corrected chi connectivity index (χ4v) is 2.46. The Morgan fingerprint density at radius 1 is 1.58 bits per heavy atom. The Bertz CT molecular complexity index is 669. The summed E-state index contributed by atoms with van der Waals surface area (Å²) in [4.78, 5) is 11.9. The first kappa shape index (κ1) is 12.4. The van der Waals surface area contributed by atoms with E-state index in [2.05, 4.69) is 19.4 Å². The van der Waals surface area contributed by atoms with Crippen molar-refractivity contribution in [3.05, 3.63) is 29.5 Å². The SMILES string of the molecule is [C-]#[N+]c1cc2nc(CCl)n(CC3(OC)CC3)c2cn1. The molecule has 1 aliphatic rings. The number of halogens is 1. The molecule has 0 spiro atoms. The predicted molar refractivity (Wildman–Crippen MR) is 72.3 cm³/mol.